The first kappa shape index (κ1) is 12.4. The molecule has 2 aliphatic carbocycles. The topological polar surface area (TPSA) is 12.0 Å². The van der Waals surface area contributed by atoms with E-state index in [9.17, 15) is 0 Å². The van der Waals surface area contributed by atoms with Crippen molar-refractivity contribution >= 4 is 0 Å². The predicted octanol–water partition coefficient (Wildman–Crippen LogP) is 3.98. The van der Waals surface area contributed by atoms with Crippen LogP contribution in [0.2, 0.25) is 0 Å². The van der Waals surface area contributed by atoms with Crippen LogP contribution in [-0.2, 0) is 0 Å². The first-order valence-electron chi connectivity index (χ1n) is 7.49. The quantitative estimate of drug-likeness (QED) is 0.763. The van der Waals surface area contributed by atoms with Crippen LogP contribution in [0, 0.1) is 17.8 Å². The summed E-state index contributed by atoms with van der Waals surface area (Å²) in [5.74, 6) is 2.88. The van der Waals surface area contributed by atoms with Crippen LogP contribution in [-0.4, -0.2) is 12.6 Å². The van der Waals surface area contributed by atoms with Gasteiger partial charge in [0.15, 0.2) is 0 Å². The van der Waals surface area contributed by atoms with Gasteiger partial charge < -0.3 is 5.32 Å². The molecule has 0 aromatic heterocycles. The molecule has 2 fully saturated rings. The summed E-state index contributed by atoms with van der Waals surface area (Å²) in [4.78, 5) is 0. The van der Waals surface area contributed by atoms with Crippen molar-refractivity contribution in [3.8, 4) is 0 Å². The van der Waals surface area contributed by atoms with Gasteiger partial charge in [-0.15, -0.1) is 0 Å². The normalized spacial score (nSPS) is 40.9. The largest absolute Gasteiger partial charge is 0.314 e. The molecule has 1 nitrogen and oxygen atoms in total. The van der Waals surface area contributed by atoms with Gasteiger partial charge in [-0.05, 0) is 43.6 Å². The minimum absolute atomic E-state index is 0.831. The summed E-state index contributed by atoms with van der Waals surface area (Å²) >= 11 is 0. The van der Waals surface area contributed by atoms with Crippen molar-refractivity contribution in [1.29, 1.82) is 0 Å². The Morgan fingerprint density at radius 1 is 0.938 bits per heavy atom. The van der Waals surface area contributed by atoms with E-state index in [0.717, 1.165) is 23.8 Å². The van der Waals surface area contributed by atoms with Gasteiger partial charge in [-0.1, -0.05) is 46.0 Å². The summed E-state index contributed by atoms with van der Waals surface area (Å²) < 4.78 is 0. The van der Waals surface area contributed by atoms with Crippen molar-refractivity contribution in [2.24, 2.45) is 17.8 Å². The van der Waals surface area contributed by atoms with E-state index in [4.69, 9.17) is 0 Å². The van der Waals surface area contributed by atoms with Crippen LogP contribution in [0.1, 0.15) is 65.2 Å². The Labute approximate surface area is 101 Å². The Balaban J connectivity index is 1.69. The highest BCUT2D eigenvalue weighted by atomic mass is 14.9. The highest BCUT2D eigenvalue weighted by molar-refractivity contribution is 4.79. The second-order valence-electron chi connectivity index (χ2n) is 6.40. The molecule has 2 aliphatic rings. The summed E-state index contributed by atoms with van der Waals surface area (Å²) in [6, 6.07) is 0.831. The third-order valence-electron chi connectivity index (χ3n) is 4.89. The van der Waals surface area contributed by atoms with Gasteiger partial charge in [0, 0.05) is 6.04 Å². The molecule has 0 amide bonds. The van der Waals surface area contributed by atoms with Gasteiger partial charge in [-0.25, -0.2) is 0 Å². The van der Waals surface area contributed by atoms with E-state index in [1.807, 2.05) is 0 Å². The van der Waals surface area contributed by atoms with Crippen LogP contribution >= 0.6 is 0 Å². The van der Waals surface area contributed by atoms with Crippen molar-refractivity contribution in [2.45, 2.75) is 71.3 Å². The molecule has 0 aliphatic heterocycles. The first-order valence-corrected chi connectivity index (χ1v) is 7.49. The molecule has 0 saturated heterocycles. The van der Waals surface area contributed by atoms with E-state index in [0.29, 0.717) is 0 Å². The van der Waals surface area contributed by atoms with Crippen molar-refractivity contribution < 1.29 is 0 Å². The Hall–Kier alpha value is -0.0400. The van der Waals surface area contributed by atoms with Gasteiger partial charge >= 0.3 is 0 Å². The molecular formula is C15H29N. The summed E-state index contributed by atoms with van der Waals surface area (Å²) in [5, 5.41) is 3.85. The average Bonchev–Trinajstić information content (AvgIpc) is 2.28. The van der Waals surface area contributed by atoms with E-state index in [1.54, 1.807) is 0 Å². The molecule has 0 heterocycles. The maximum atomic E-state index is 3.85. The lowest BCUT2D eigenvalue weighted by atomic mass is 9.80. The summed E-state index contributed by atoms with van der Waals surface area (Å²) in [5.41, 5.74) is 0. The Morgan fingerprint density at radius 2 is 1.75 bits per heavy atom. The smallest absolute Gasteiger partial charge is 0.00697 e. The fourth-order valence-corrected chi connectivity index (χ4v) is 3.63. The minimum Gasteiger partial charge on any atom is -0.314 e. The zero-order valence-corrected chi connectivity index (χ0v) is 11.2. The molecule has 94 valence electrons. The lowest BCUT2D eigenvalue weighted by Gasteiger charge is -2.33. The van der Waals surface area contributed by atoms with Gasteiger partial charge in [0.05, 0.1) is 0 Å². The van der Waals surface area contributed by atoms with Crippen molar-refractivity contribution in [2.75, 3.05) is 6.54 Å². The monoisotopic (exact) mass is 223 g/mol. The highest BCUT2D eigenvalue weighted by Crippen LogP contribution is 2.30. The average molecular weight is 223 g/mol. The molecule has 2 rings (SSSR count). The third kappa shape index (κ3) is 3.48. The van der Waals surface area contributed by atoms with E-state index in [2.05, 4.69) is 19.2 Å². The van der Waals surface area contributed by atoms with E-state index in [-0.39, 0.29) is 0 Å². The molecule has 1 N–H and O–H groups in total. The van der Waals surface area contributed by atoms with Crippen LogP contribution in [0.15, 0.2) is 0 Å². The van der Waals surface area contributed by atoms with Crippen molar-refractivity contribution in [1.82, 2.24) is 5.32 Å². The molecule has 4 atom stereocenters. The van der Waals surface area contributed by atoms with Gasteiger partial charge in [-0.2, -0.15) is 0 Å². The van der Waals surface area contributed by atoms with Crippen LogP contribution in [0.25, 0.3) is 0 Å². The zero-order valence-electron chi connectivity index (χ0n) is 11.2. The van der Waals surface area contributed by atoms with Crippen molar-refractivity contribution in [3.05, 3.63) is 0 Å². The molecule has 16 heavy (non-hydrogen) atoms. The van der Waals surface area contributed by atoms with Crippen LogP contribution in [0.3, 0.4) is 0 Å². The number of hydrogen-bond donors (Lipinski definition) is 1. The summed E-state index contributed by atoms with van der Waals surface area (Å²) in [6.45, 7) is 6.16. The van der Waals surface area contributed by atoms with E-state index in [1.165, 1.54) is 57.9 Å². The fourth-order valence-electron chi connectivity index (χ4n) is 3.63. The molecule has 0 radical (unpaired) electrons. The highest BCUT2D eigenvalue weighted by Gasteiger charge is 2.23. The zero-order chi connectivity index (χ0) is 11.4. The molecule has 1 heteroatoms. The van der Waals surface area contributed by atoms with Crippen LogP contribution in [0.5, 0.6) is 0 Å². The minimum atomic E-state index is 0.831. The molecule has 0 bridgehead atoms. The predicted molar refractivity (Wildman–Crippen MR) is 70.5 cm³/mol. The molecule has 0 aromatic carbocycles. The molecule has 2 saturated carbocycles. The molecule has 0 spiro atoms. The Morgan fingerprint density at radius 3 is 2.50 bits per heavy atom. The van der Waals surface area contributed by atoms with Gasteiger partial charge in [-0.3, -0.25) is 0 Å². The third-order valence-corrected chi connectivity index (χ3v) is 4.89. The maximum Gasteiger partial charge on any atom is 0.00697 e. The van der Waals surface area contributed by atoms with Crippen molar-refractivity contribution in [3.63, 3.8) is 0 Å². The molecular weight excluding hydrogens is 194 g/mol. The second kappa shape index (κ2) is 6.05. The summed E-state index contributed by atoms with van der Waals surface area (Å²) in [6.07, 6.45) is 11.6. The van der Waals surface area contributed by atoms with Gasteiger partial charge in [0.25, 0.3) is 0 Å². The number of hydrogen-bond acceptors (Lipinski definition) is 1. The van der Waals surface area contributed by atoms with Crippen LogP contribution < -0.4 is 5.32 Å². The fraction of sp³-hybridized carbons (Fsp3) is 1.00. The van der Waals surface area contributed by atoms with Gasteiger partial charge in [0.1, 0.15) is 0 Å². The maximum absolute atomic E-state index is 3.85. The summed E-state index contributed by atoms with van der Waals surface area (Å²) in [7, 11) is 0. The SMILES string of the molecule is CC1CCCC(NCC2CCCCC2C)C1. The Kier molecular flexibility index (Phi) is 4.69. The standard InChI is InChI=1S/C15H29N/c1-12-6-5-9-15(10-12)16-11-14-8-4-3-7-13(14)2/h12-16H,3-11H2,1-2H3. The van der Waals surface area contributed by atoms with E-state index >= 15 is 0 Å². The Bertz CT molecular complexity index is 202. The molecule has 0 aromatic rings. The molecule has 4 unspecified atom stereocenters. The first-order chi connectivity index (χ1) is 7.75. The number of rotatable bonds is 3. The second-order valence-corrected chi connectivity index (χ2v) is 6.40. The van der Waals surface area contributed by atoms with Crippen LogP contribution in [0.4, 0.5) is 0 Å². The number of nitrogens with one attached hydrogen (secondary N) is 1. The van der Waals surface area contributed by atoms with Gasteiger partial charge in [0.2, 0.25) is 0 Å². The lowest BCUT2D eigenvalue weighted by Crippen LogP contribution is -2.38. The van der Waals surface area contributed by atoms with E-state index < -0.39 is 0 Å². The lowest BCUT2D eigenvalue weighted by molar-refractivity contribution is 0.222.